The van der Waals surface area contributed by atoms with Gasteiger partial charge >= 0.3 is 0 Å². The summed E-state index contributed by atoms with van der Waals surface area (Å²) in [5.74, 6) is 1.17. The van der Waals surface area contributed by atoms with Gasteiger partial charge in [-0.2, -0.15) is 0 Å². The van der Waals surface area contributed by atoms with Gasteiger partial charge in [-0.15, -0.1) is 0 Å². The lowest BCUT2D eigenvalue weighted by Gasteiger charge is -2.04. The average molecular weight is 327 g/mol. The maximum absolute atomic E-state index is 11.9. The van der Waals surface area contributed by atoms with Gasteiger partial charge in [0.05, 0.1) is 6.20 Å². The highest BCUT2D eigenvalue weighted by Gasteiger charge is 2.09. The number of rotatable bonds is 5. The summed E-state index contributed by atoms with van der Waals surface area (Å²) in [7, 11) is 0. The Labute approximate surface area is 139 Å². The van der Waals surface area contributed by atoms with Crippen LogP contribution >= 0.6 is 11.6 Å². The van der Waals surface area contributed by atoms with Crippen LogP contribution in [0.2, 0.25) is 5.02 Å². The number of hydrogen-bond donors (Lipinski definition) is 1. The van der Waals surface area contributed by atoms with E-state index in [0.717, 1.165) is 11.3 Å². The Morgan fingerprint density at radius 2 is 1.83 bits per heavy atom. The molecule has 1 amide bonds. The molecule has 3 aromatic rings. The van der Waals surface area contributed by atoms with E-state index in [0.29, 0.717) is 29.5 Å². The number of carbonyl (C=O) groups is 1. The van der Waals surface area contributed by atoms with E-state index in [9.17, 15) is 4.79 Å². The summed E-state index contributed by atoms with van der Waals surface area (Å²) < 4.78 is 5.68. The molecular weight excluding hydrogens is 312 g/mol. The van der Waals surface area contributed by atoms with Crippen LogP contribution in [0.1, 0.15) is 12.3 Å². The van der Waals surface area contributed by atoms with Crippen LogP contribution in [0.25, 0.3) is 11.3 Å². The molecule has 2 aromatic carbocycles. The number of aromatic nitrogens is 1. The van der Waals surface area contributed by atoms with Crippen molar-refractivity contribution in [2.75, 3.05) is 5.32 Å². The third kappa shape index (κ3) is 4.20. The zero-order valence-corrected chi connectivity index (χ0v) is 13.1. The van der Waals surface area contributed by atoms with Crippen molar-refractivity contribution in [1.82, 2.24) is 4.98 Å². The SMILES string of the molecule is O=C(CCc1ncc(-c2ccccc2)o1)Nc1ccc(Cl)cc1. The number of aryl methyl sites for hydroxylation is 1. The van der Waals surface area contributed by atoms with Crippen molar-refractivity contribution >= 4 is 23.2 Å². The van der Waals surface area contributed by atoms with Crippen molar-refractivity contribution < 1.29 is 9.21 Å². The van der Waals surface area contributed by atoms with Crippen LogP contribution in [-0.2, 0) is 11.2 Å². The molecule has 0 unspecified atom stereocenters. The van der Waals surface area contributed by atoms with Crippen LogP contribution in [0.3, 0.4) is 0 Å². The van der Waals surface area contributed by atoms with Crippen LogP contribution < -0.4 is 5.32 Å². The first-order valence-corrected chi connectivity index (χ1v) is 7.64. The van der Waals surface area contributed by atoms with E-state index in [1.54, 1.807) is 30.5 Å². The third-order valence-electron chi connectivity index (χ3n) is 3.31. The first-order valence-electron chi connectivity index (χ1n) is 7.26. The van der Waals surface area contributed by atoms with Gasteiger partial charge < -0.3 is 9.73 Å². The second-order valence-corrected chi connectivity index (χ2v) is 5.48. The van der Waals surface area contributed by atoms with Crippen molar-refractivity contribution in [1.29, 1.82) is 0 Å². The Bertz CT molecular complexity index is 782. The van der Waals surface area contributed by atoms with Crippen LogP contribution in [-0.4, -0.2) is 10.9 Å². The molecule has 0 bridgehead atoms. The zero-order chi connectivity index (χ0) is 16.1. The molecule has 3 rings (SSSR count). The van der Waals surface area contributed by atoms with Crippen LogP contribution in [0, 0.1) is 0 Å². The van der Waals surface area contributed by atoms with Gasteiger partial charge in [-0.05, 0) is 24.3 Å². The predicted octanol–water partition coefficient (Wildman–Crippen LogP) is 4.57. The number of halogens is 1. The van der Waals surface area contributed by atoms with E-state index in [1.165, 1.54) is 0 Å². The van der Waals surface area contributed by atoms with Gasteiger partial charge in [-0.25, -0.2) is 4.98 Å². The van der Waals surface area contributed by atoms with E-state index in [-0.39, 0.29) is 5.91 Å². The van der Waals surface area contributed by atoms with Crippen molar-refractivity contribution in [3.05, 3.63) is 71.7 Å². The topological polar surface area (TPSA) is 55.1 Å². The molecule has 1 aromatic heterocycles. The smallest absolute Gasteiger partial charge is 0.224 e. The van der Waals surface area contributed by atoms with Crippen LogP contribution in [0.15, 0.2) is 65.2 Å². The van der Waals surface area contributed by atoms with E-state index in [1.807, 2.05) is 30.3 Å². The number of carbonyl (C=O) groups excluding carboxylic acids is 1. The molecule has 1 heterocycles. The van der Waals surface area contributed by atoms with E-state index in [4.69, 9.17) is 16.0 Å². The number of amides is 1. The fourth-order valence-electron chi connectivity index (χ4n) is 2.14. The number of oxazole rings is 1. The highest BCUT2D eigenvalue weighted by Crippen LogP contribution is 2.20. The lowest BCUT2D eigenvalue weighted by molar-refractivity contribution is -0.116. The van der Waals surface area contributed by atoms with Gasteiger partial charge in [0, 0.05) is 29.1 Å². The Balaban J connectivity index is 1.55. The van der Waals surface area contributed by atoms with Gasteiger partial charge in [-0.3, -0.25) is 4.79 Å². The quantitative estimate of drug-likeness (QED) is 0.747. The highest BCUT2D eigenvalue weighted by molar-refractivity contribution is 6.30. The Kier molecular flexibility index (Phi) is 4.74. The number of nitrogens with zero attached hydrogens (tertiary/aromatic N) is 1. The number of benzene rings is 2. The van der Waals surface area contributed by atoms with E-state index >= 15 is 0 Å². The van der Waals surface area contributed by atoms with Gasteiger partial charge in [0.2, 0.25) is 5.91 Å². The monoisotopic (exact) mass is 326 g/mol. The van der Waals surface area contributed by atoms with Crippen LogP contribution in [0.5, 0.6) is 0 Å². The van der Waals surface area contributed by atoms with E-state index < -0.39 is 0 Å². The van der Waals surface area contributed by atoms with Crippen molar-refractivity contribution in [3.63, 3.8) is 0 Å². The molecule has 116 valence electrons. The van der Waals surface area contributed by atoms with Gasteiger partial charge in [0.25, 0.3) is 0 Å². The zero-order valence-electron chi connectivity index (χ0n) is 12.3. The molecular formula is C18H15ClN2O2. The molecule has 0 aliphatic rings. The minimum absolute atomic E-state index is 0.0909. The summed E-state index contributed by atoms with van der Waals surface area (Å²) >= 11 is 5.81. The Hall–Kier alpha value is -2.59. The molecule has 0 atom stereocenters. The predicted molar refractivity (Wildman–Crippen MR) is 90.3 cm³/mol. The fourth-order valence-corrected chi connectivity index (χ4v) is 2.26. The minimum atomic E-state index is -0.0909. The molecule has 0 spiro atoms. The average Bonchev–Trinajstić information content (AvgIpc) is 3.05. The maximum atomic E-state index is 11.9. The highest BCUT2D eigenvalue weighted by atomic mass is 35.5. The summed E-state index contributed by atoms with van der Waals surface area (Å²) in [4.78, 5) is 16.2. The lowest BCUT2D eigenvalue weighted by atomic mass is 10.2. The molecule has 0 aliphatic heterocycles. The van der Waals surface area contributed by atoms with Gasteiger partial charge in [-0.1, -0.05) is 41.9 Å². The number of hydrogen-bond acceptors (Lipinski definition) is 3. The van der Waals surface area contributed by atoms with Crippen molar-refractivity contribution in [2.45, 2.75) is 12.8 Å². The summed E-state index contributed by atoms with van der Waals surface area (Å²) in [5, 5.41) is 3.45. The first kappa shape index (κ1) is 15.3. The fraction of sp³-hybridized carbons (Fsp3) is 0.111. The van der Waals surface area contributed by atoms with Crippen molar-refractivity contribution in [3.8, 4) is 11.3 Å². The molecule has 1 N–H and O–H groups in total. The second-order valence-electron chi connectivity index (χ2n) is 5.04. The standard InChI is InChI=1S/C18H15ClN2O2/c19-14-6-8-15(9-7-14)21-17(22)10-11-18-20-12-16(23-18)13-4-2-1-3-5-13/h1-9,12H,10-11H2,(H,21,22). The van der Waals surface area contributed by atoms with E-state index in [2.05, 4.69) is 10.3 Å². The number of nitrogens with one attached hydrogen (secondary N) is 1. The summed E-state index contributed by atoms with van der Waals surface area (Å²) in [5.41, 5.74) is 1.69. The largest absolute Gasteiger partial charge is 0.441 e. The lowest BCUT2D eigenvalue weighted by Crippen LogP contribution is -2.12. The van der Waals surface area contributed by atoms with Crippen LogP contribution in [0.4, 0.5) is 5.69 Å². The first-order chi connectivity index (χ1) is 11.2. The van der Waals surface area contributed by atoms with Gasteiger partial charge in [0.1, 0.15) is 0 Å². The molecule has 0 saturated carbocycles. The number of anilines is 1. The second kappa shape index (κ2) is 7.11. The molecule has 0 fully saturated rings. The summed E-state index contributed by atoms with van der Waals surface area (Å²) in [6, 6.07) is 16.7. The molecule has 5 heteroatoms. The molecule has 0 saturated heterocycles. The molecule has 23 heavy (non-hydrogen) atoms. The van der Waals surface area contributed by atoms with Gasteiger partial charge in [0.15, 0.2) is 11.7 Å². The Morgan fingerprint density at radius 3 is 2.57 bits per heavy atom. The molecule has 0 radical (unpaired) electrons. The third-order valence-corrected chi connectivity index (χ3v) is 3.56. The minimum Gasteiger partial charge on any atom is -0.441 e. The Morgan fingerprint density at radius 1 is 1.09 bits per heavy atom. The van der Waals surface area contributed by atoms with Crippen molar-refractivity contribution in [2.24, 2.45) is 0 Å². The maximum Gasteiger partial charge on any atom is 0.224 e. The normalized spacial score (nSPS) is 10.5. The summed E-state index contributed by atoms with van der Waals surface area (Å²) in [6.07, 6.45) is 2.44. The molecule has 0 aliphatic carbocycles. The summed E-state index contributed by atoms with van der Waals surface area (Å²) in [6.45, 7) is 0. The molecule has 4 nitrogen and oxygen atoms in total.